The predicted molar refractivity (Wildman–Crippen MR) is 150 cm³/mol. The van der Waals surface area contributed by atoms with Gasteiger partial charge in [0.15, 0.2) is 22.5 Å². The summed E-state index contributed by atoms with van der Waals surface area (Å²) in [5.41, 5.74) is 5.33. The summed E-state index contributed by atoms with van der Waals surface area (Å²) >= 11 is 1.19. The highest BCUT2D eigenvalue weighted by molar-refractivity contribution is 7.99. The van der Waals surface area contributed by atoms with Crippen molar-refractivity contribution in [3.05, 3.63) is 89.2 Å². The van der Waals surface area contributed by atoms with E-state index in [4.69, 9.17) is 9.47 Å². The van der Waals surface area contributed by atoms with E-state index in [1.165, 1.54) is 49.9 Å². The van der Waals surface area contributed by atoms with Crippen molar-refractivity contribution in [2.75, 3.05) is 25.3 Å². The van der Waals surface area contributed by atoms with E-state index in [1.807, 2.05) is 66.1 Å². The fourth-order valence-electron chi connectivity index (χ4n) is 3.79. The number of nitrogens with one attached hydrogen (secondary N) is 2. The van der Waals surface area contributed by atoms with Gasteiger partial charge in [-0.2, -0.15) is 5.10 Å². The van der Waals surface area contributed by atoms with Gasteiger partial charge in [-0.05, 0) is 43.3 Å². The van der Waals surface area contributed by atoms with Crippen LogP contribution in [0.5, 0.6) is 11.5 Å². The van der Waals surface area contributed by atoms with Crippen LogP contribution in [0.4, 0.5) is 5.69 Å². The van der Waals surface area contributed by atoms with Gasteiger partial charge in [0.2, 0.25) is 0 Å². The Morgan fingerprint density at radius 1 is 1.02 bits per heavy atom. The lowest BCUT2D eigenvalue weighted by Gasteiger charge is -2.15. The maximum absolute atomic E-state index is 12.6. The number of aryl methyl sites for hydroxylation is 1. The Labute approximate surface area is 235 Å². The standard InChI is InChI=1S/C28H28N6O5S/c1-18-9-12-20(13-10-18)29-16-23-31-33-28(34(23)21-7-5-4-6-8-21)40-17-24(35)32-30-15-19-11-14-22(38-2)26(39-3)25(19)27(36)37/h4-15,29H,16-17H2,1-3H3,(H,32,35)(H,36,37)/p-1/b30-15-. The van der Waals surface area contributed by atoms with Crippen LogP contribution in [0.25, 0.3) is 5.69 Å². The molecule has 0 unspecified atom stereocenters. The first-order valence-electron chi connectivity index (χ1n) is 12.1. The second-order valence-corrected chi connectivity index (χ2v) is 9.37. The molecule has 0 radical (unpaired) electrons. The Hall–Kier alpha value is -4.84. The second kappa shape index (κ2) is 13.3. The molecule has 0 saturated carbocycles. The number of carboxylic acids is 1. The van der Waals surface area contributed by atoms with E-state index in [0.29, 0.717) is 17.5 Å². The Morgan fingerprint density at radius 3 is 2.45 bits per heavy atom. The molecule has 0 spiro atoms. The fraction of sp³-hybridized carbons (Fsp3) is 0.179. The molecule has 0 atom stereocenters. The molecule has 206 valence electrons. The molecule has 1 aromatic heterocycles. The molecular formula is C28H27N6O5S-. The average Bonchev–Trinajstić information content (AvgIpc) is 3.38. The van der Waals surface area contributed by atoms with Gasteiger partial charge in [0.25, 0.3) is 5.91 Å². The number of carbonyl (C=O) groups excluding carboxylic acids is 2. The molecular weight excluding hydrogens is 532 g/mol. The lowest BCUT2D eigenvalue weighted by Crippen LogP contribution is -2.25. The van der Waals surface area contributed by atoms with E-state index in [1.54, 1.807) is 0 Å². The number of benzene rings is 3. The number of aromatic carboxylic acids is 1. The highest BCUT2D eigenvalue weighted by Gasteiger charge is 2.17. The molecule has 0 bridgehead atoms. The first kappa shape index (κ1) is 28.2. The molecule has 0 aliphatic carbocycles. The summed E-state index contributed by atoms with van der Waals surface area (Å²) in [5, 5.41) is 28.1. The number of anilines is 1. The van der Waals surface area contributed by atoms with Crippen LogP contribution in [0.2, 0.25) is 0 Å². The van der Waals surface area contributed by atoms with E-state index in [9.17, 15) is 14.7 Å². The van der Waals surface area contributed by atoms with Crippen LogP contribution < -0.4 is 25.3 Å². The number of amides is 1. The predicted octanol–water partition coefficient (Wildman–Crippen LogP) is 2.81. The molecule has 40 heavy (non-hydrogen) atoms. The summed E-state index contributed by atoms with van der Waals surface area (Å²) in [4.78, 5) is 24.3. The van der Waals surface area contributed by atoms with E-state index >= 15 is 0 Å². The molecule has 1 heterocycles. The summed E-state index contributed by atoms with van der Waals surface area (Å²) in [6, 6.07) is 20.7. The van der Waals surface area contributed by atoms with Gasteiger partial charge in [-0.3, -0.25) is 9.36 Å². The van der Waals surface area contributed by atoms with Crippen molar-refractivity contribution in [1.82, 2.24) is 20.2 Å². The maximum Gasteiger partial charge on any atom is 0.250 e. The van der Waals surface area contributed by atoms with Crippen molar-refractivity contribution in [3.63, 3.8) is 0 Å². The van der Waals surface area contributed by atoms with Crippen LogP contribution >= 0.6 is 11.8 Å². The number of nitrogens with zero attached hydrogens (tertiary/aromatic N) is 4. The molecule has 3 aromatic carbocycles. The Kier molecular flexibility index (Phi) is 9.36. The Balaban J connectivity index is 1.45. The minimum Gasteiger partial charge on any atom is -0.545 e. The summed E-state index contributed by atoms with van der Waals surface area (Å²) < 4.78 is 12.2. The summed E-state index contributed by atoms with van der Waals surface area (Å²) in [7, 11) is 2.72. The smallest absolute Gasteiger partial charge is 0.250 e. The third-order valence-electron chi connectivity index (χ3n) is 5.72. The van der Waals surface area contributed by atoms with Crippen molar-refractivity contribution >= 4 is 35.5 Å². The SMILES string of the molecule is COc1ccc(/C=N\NC(=O)CSc2nnc(CNc3ccc(C)cc3)n2-c2ccccc2)c(C(=O)[O-])c1OC. The van der Waals surface area contributed by atoms with Gasteiger partial charge in [0.05, 0.1) is 44.3 Å². The van der Waals surface area contributed by atoms with Crippen molar-refractivity contribution < 1.29 is 24.2 Å². The zero-order chi connectivity index (χ0) is 28.5. The lowest BCUT2D eigenvalue weighted by atomic mass is 10.1. The molecule has 12 heteroatoms. The maximum atomic E-state index is 12.6. The molecule has 0 aliphatic rings. The normalized spacial score (nSPS) is 10.9. The van der Waals surface area contributed by atoms with E-state index in [0.717, 1.165) is 11.4 Å². The van der Waals surface area contributed by atoms with Crippen LogP contribution in [-0.2, 0) is 11.3 Å². The number of para-hydroxylation sites is 1. The van der Waals surface area contributed by atoms with Gasteiger partial charge in [-0.15, -0.1) is 10.2 Å². The Bertz CT molecular complexity index is 1510. The van der Waals surface area contributed by atoms with Crippen molar-refractivity contribution in [2.45, 2.75) is 18.6 Å². The minimum atomic E-state index is -1.47. The van der Waals surface area contributed by atoms with Gasteiger partial charge in [-0.25, -0.2) is 5.43 Å². The summed E-state index contributed by atoms with van der Waals surface area (Å²) in [6.45, 7) is 2.45. The molecule has 2 N–H and O–H groups in total. The monoisotopic (exact) mass is 559 g/mol. The van der Waals surface area contributed by atoms with Crippen LogP contribution in [0.1, 0.15) is 27.3 Å². The number of hydrazone groups is 1. The summed E-state index contributed by atoms with van der Waals surface area (Å²) in [6.07, 6.45) is 1.21. The van der Waals surface area contributed by atoms with Gasteiger partial charge < -0.3 is 24.7 Å². The number of ether oxygens (including phenoxy) is 2. The highest BCUT2D eigenvalue weighted by Crippen LogP contribution is 2.32. The van der Waals surface area contributed by atoms with E-state index in [-0.39, 0.29) is 28.4 Å². The number of methoxy groups -OCH3 is 2. The molecule has 1 amide bonds. The van der Waals surface area contributed by atoms with Gasteiger partial charge in [0.1, 0.15) is 0 Å². The molecule has 0 saturated heterocycles. The van der Waals surface area contributed by atoms with Crippen molar-refractivity contribution in [2.24, 2.45) is 5.10 Å². The zero-order valence-electron chi connectivity index (χ0n) is 22.1. The van der Waals surface area contributed by atoms with E-state index in [2.05, 4.69) is 26.0 Å². The number of hydrogen-bond donors (Lipinski definition) is 2. The lowest BCUT2D eigenvalue weighted by molar-refractivity contribution is -0.255. The topological polar surface area (TPSA) is 143 Å². The van der Waals surface area contributed by atoms with Gasteiger partial charge in [-0.1, -0.05) is 47.7 Å². The van der Waals surface area contributed by atoms with Crippen LogP contribution in [0.15, 0.2) is 77.0 Å². The largest absolute Gasteiger partial charge is 0.545 e. The molecule has 11 nitrogen and oxygen atoms in total. The quantitative estimate of drug-likeness (QED) is 0.152. The average molecular weight is 560 g/mol. The van der Waals surface area contributed by atoms with E-state index < -0.39 is 11.9 Å². The number of carbonyl (C=O) groups is 2. The number of carboxylic acid groups (broad SMARTS) is 1. The number of rotatable bonds is 12. The Morgan fingerprint density at radius 2 is 1.77 bits per heavy atom. The van der Waals surface area contributed by atoms with Crippen LogP contribution in [0.3, 0.4) is 0 Å². The molecule has 0 aliphatic heterocycles. The second-order valence-electron chi connectivity index (χ2n) is 8.42. The molecule has 4 aromatic rings. The first-order valence-corrected chi connectivity index (χ1v) is 13.1. The molecule has 0 fully saturated rings. The van der Waals surface area contributed by atoms with Crippen LogP contribution in [-0.4, -0.2) is 52.8 Å². The summed E-state index contributed by atoms with van der Waals surface area (Å²) in [5.74, 6) is -0.981. The van der Waals surface area contributed by atoms with Gasteiger partial charge in [0, 0.05) is 16.9 Å². The van der Waals surface area contributed by atoms with Crippen LogP contribution in [0, 0.1) is 6.92 Å². The number of thioether (sulfide) groups is 1. The number of aromatic nitrogens is 3. The zero-order valence-corrected chi connectivity index (χ0v) is 22.9. The fourth-order valence-corrected chi connectivity index (χ4v) is 4.56. The third-order valence-corrected chi connectivity index (χ3v) is 6.65. The van der Waals surface area contributed by atoms with Crippen molar-refractivity contribution in [3.8, 4) is 17.2 Å². The number of hydrogen-bond acceptors (Lipinski definition) is 10. The highest BCUT2D eigenvalue weighted by atomic mass is 32.2. The third kappa shape index (κ3) is 6.77. The van der Waals surface area contributed by atoms with Gasteiger partial charge >= 0.3 is 0 Å². The first-order chi connectivity index (χ1) is 19.4. The minimum absolute atomic E-state index is 0.00116. The molecule has 4 rings (SSSR count). The van der Waals surface area contributed by atoms with Crippen molar-refractivity contribution in [1.29, 1.82) is 0 Å².